The van der Waals surface area contributed by atoms with Gasteiger partial charge in [-0.25, -0.2) is 4.98 Å². The van der Waals surface area contributed by atoms with Crippen molar-refractivity contribution in [3.8, 4) is 0 Å². The molecule has 7 heteroatoms. The predicted octanol–water partition coefficient (Wildman–Crippen LogP) is 4.71. The van der Waals surface area contributed by atoms with Crippen LogP contribution in [0.4, 0.5) is 18.9 Å². The van der Waals surface area contributed by atoms with Gasteiger partial charge in [-0.15, -0.1) is 0 Å². The summed E-state index contributed by atoms with van der Waals surface area (Å²) in [6, 6.07) is 5.66. The third-order valence-corrected chi connectivity index (χ3v) is 5.06. The number of anilines is 1. The molecule has 0 unspecified atom stereocenters. The molecule has 27 heavy (non-hydrogen) atoms. The van der Waals surface area contributed by atoms with E-state index in [9.17, 15) is 13.2 Å². The average Bonchev–Trinajstić information content (AvgIpc) is 3.04. The largest absolute Gasteiger partial charge is 0.416 e. The summed E-state index contributed by atoms with van der Waals surface area (Å²) in [5.74, 6) is 1.96. The lowest BCUT2D eigenvalue weighted by Crippen LogP contribution is -2.48. The first-order valence-corrected chi connectivity index (χ1v) is 9.05. The molecule has 0 amide bonds. The van der Waals surface area contributed by atoms with Gasteiger partial charge in [-0.1, -0.05) is 19.9 Å². The molecule has 0 bridgehead atoms. The average molecular weight is 374 g/mol. The van der Waals surface area contributed by atoms with E-state index in [1.807, 2.05) is 18.5 Å². The minimum Gasteiger partial charge on any atom is -0.370 e. The van der Waals surface area contributed by atoms with Gasteiger partial charge >= 0.3 is 6.18 Å². The van der Waals surface area contributed by atoms with Crippen LogP contribution in [0.1, 0.15) is 31.2 Å². The van der Waals surface area contributed by atoms with Gasteiger partial charge in [0.1, 0.15) is 5.82 Å². The van der Waals surface area contributed by atoms with Crippen LogP contribution in [-0.4, -0.2) is 27.6 Å². The third-order valence-electron chi connectivity index (χ3n) is 5.06. The van der Waals surface area contributed by atoms with E-state index in [2.05, 4.69) is 33.3 Å². The van der Waals surface area contributed by atoms with E-state index in [1.165, 1.54) is 6.07 Å². The highest BCUT2D eigenvalue weighted by molar-refractivity contribution is 5.92. The molecule has 3 heterocycles. The smallest absolute Gasteiger partial charge is 0.370 e. The number of hydrogen-bond acceptors (Lipinski definition) is 3. The van der Waals surface area contributed by atoms with Crippen LogP contribution in [0.3, 0.4) is 0 Å². The first-order valence-electron chi connectivity index (χ1n) is 9.05. The van der Waals surface area contributed by atoms with Crippen molar-refractivity contribution in [1.29, 1.82) is 0 Å². The predicted molar refractivity (Wildman–Crippen MR) is 98.8 cm³/mol. The number of pyridine rings is 1. The van der Waals surface area contributed by atoms with Crippen molar-refractivity contribution in [1.82, 2.24) is 14.5 Å². The normalized spacial score (nSPS) is 15.6. The summed E-state index contributed by atoms with van der Waals surface area (Å²) < 4.78 is 41.0. The molecule has 0 N–H and O–H groups in total. The number of aromatic nitrogens is 3. The monoisotopic (exact) mass is 374 g/mol. The Hall–Kier alpha value is -2.57. The van der Waals surface area contributed by atoms with Crippen molar-refractivity contribution in [3.05, 3.63) is 54.2 Å². The fraction of sp³-hybridized carbons (Fsp3) is 0.400. The van der Waals surface area contributed by atoms with Gasteiger partial charge in [0.2, 0.25) is 0 Å². The van der Waals surface area contributed by atoms with E-state index in [0.717, 1.165) is 48.7 Å². The Kier molecular flexibility index (Phi) is 4.32. The standard InChI is InChI=1S/C20H21F3N4/c1-13(2)19-25-7-8-26(19)10-14-11-27(12-14)18-5-6-24-17-9-15(20(21,22)23)3-4-16(17)18/h3-9,13-14H,10-12H2,1-2H3. The quantitative estimate of drug-likeness (QED) is 0.663. The van der Waals surface area contributed by atoms with Crippen molar-refractivity contribution in [3.63, 3.8) is 0 Å². The summed E-state index contributed by atoms with van der Waals surface area (Å²) in [6.45, 7) is 6.91. The van der Waals surface area contributed by atoms with Crippen molar-refractivity contribution < 1.29 is 13.2 Å². The van der Waals surface area contributed by atoms with Gasteiger partial charge in [0, 0.05) is 61.1 Å². The number of halogens is 3. The summed E-state index contributed by atoms with van der Waals surface area (Å²) in [5.41, 5.74) is 0.657. The Balaban J connectivity index is 1.51. The van der Waals surface area contributed by atoms with Gasteiger partial charge in [0.25, 0.3) is 0 Å². The zero-order chi connectivity index (χ0) is 19.2. The molecule has 1 aliphatic heterocycles. The minimum atomic E-state index is -4.35. The van der Waals surface area contributed by atoms with Crippen LogP contribution in [0.25, 0.3) is 10.9 Å². The minimum absolute atomic E-state index is 0.377. The van der Waals surface area contributed by atoms with Gasteiger partial charge in [-0.3, -0.25) is 4.98 Å². The second-order valence-corrected chi connectivity index (χ2v) is 7.42. The zero-order valence-corrected chi connectivity index (χ0v) is 15.2. The fourth-order valence-electron chi connectivity index (χ4n) is 3.72. The topological polar surface area (TPSA) is 34.0 Å². The number of hydrogen-bond donors (Lipinski definition) is 0. The highest BCUT2D eigenvalue weighted by atomic mass is 19.4. The molecule has 0 spiro atoms. The second kappa shape index (κ2) is 6.55. The molecule has 0 atom stereocenters. The van der Waals surface area contributed by atoms with Crippen molar-refractivity contribution in [2.24, 2.45) is 5.92 Å². The van der Waals surface area contributed by atoms with Crippen LogP contribution in [0.2, 0.25) is 0 Å². The molecule has 1 fully saturated rings. The van der Waals surface area contributed by atoms with Gasteiger partial charge in [0.15, 0.2) is 0 Å². The maximum Gasteiger partial charge on any atom is 0.416 e. The van der Waals surface area contributed by atoms with E-state index >= 15 is 0 Å². The molecule has 1 saturated heterocycles. The SMILES string of the molecule is CC(C)c1nccn1CC1CN(c2ccnc3cc(C(F)(F)F)ccc23)C1. The summed E-state index contributed by atoms with van der Waals surface area (Å²) in [4.78, 5) is 10.8. The summed E-state index contributed by atoms with van der Waals surface area (Å²) >= 11 is 0. The Labute approximate surface area is 155 Å². The van der Waals surface area contributed by atoms with E-state index in [0.29, 0.717) is 17.4 Å². The molecule has 0 saturated carbocycles. The maximum absolute atomic E-state index is 12.9. The van der Waals surface area contributed by atoms with E-state index < -0.39 is 11.7 Å². The molecule has 4 rings (SSSR count). The molecule has 2 aromatic heterocycles. The molecular formula is C20H21F3N4. The first-order chi connectivity index (χ1) is 12.8. The van der Waals surface area contributed by atoms with Crippen LogP contribution in [-0.2, 0) is 12.7 Å². The van der Waals surface area contributed by atoms with Crippen LogP contribution in [0.5, 0.6) is 0 Å². The number of nitrogens with zero attached hydrogens (tertiary/aromatic N) is 4. The molecule has 0 aliphatic carbocycles. The summed E-state index contributed by atoms with van der Waals surface area (Å²) in [6.07, 6.45) is 1.07. The van der Waals surface area contributed by atoms with Gasteiger partial charge < -0.3 is 9.47 Å². The summed E-state index contributed by atoms with van der Waals surface area (Å²) in [5, 5.41) is 0.759. The molecule has 0 radical (unpaired) electrons. The number of rotatable bonds is 4. The molecular weight excluding hydrogens is 353 g/mol. The van der Waals surface area contributed by atoms with E-state index in [4.69, 9.17) is 0 Å². The van der Waals surface area contributed by atoms with Crippen molar-refractivity contribution in [2.75, 3.05) is 18.0 Å². The summed E-state index contributed by atoms with van der Waals surface area (Å²) in [7, 11) is 0. The molecule has 142 valence electrons. The van der Waals surface area contributed by atoms with Crippen molar-refractivity contribution >= 4 is 16.6 Å². The number of benzene rings is 1. The molecule has 3 aromatic rings. The van der Waals surface area contributed by atoms with E-state index in [-0.39, 0.29) is 0 Å². The van der Waals surface area contributed by atoms with E-state index in [1.54, 1.807) is 6.20 Å². The maximum atomic E-state index is 12.9. The van der Waals surface area contributed by atoms with Crippen LogP contribution in [0.15, 0.2) is 42.9 Å². The van der Waals surface area contributed by atoms with Crippen LogP contribution >= 0.6 is 0 Å². The Morgan fingerprint density at radius 2 is 1.89 bits per heavy atom. The fourth-order valence-corrected chi connectivity index (χ4v) is 3.72. The highest BCUT2D eigenvalue weighted by Gasteiger charge is 2.32. The molecule has 1 aliphatic rings. The van der Waals surface area contributed by atoms with Gasteiger partial charge in [-0.05, 0) is 18.2 Å². The zero-order valence-electron chi connectivity index (χ0n) is 15.2. The third kappa shape index (κ3) is 3.38. The van der Waals surface area contributed by atoms with Crippen LogP contribution in [0, 0.1) is 5.92 Å². The van der Waals surface area contributed by atoms with Gasteiger partial charge in [-0.2, -0.15) is 13.2 Å². The van der Waals surface area contributed by atoms with Gasteiger partial charge in [0.05, 0.1) is 11.1 Å². The molecule has 1 aromatic carbocycles. The molecule has 4 nitrogen and oxygen atoms in total. The van der Waals surface area contributed by atoms with Crippen LogP contribution < -0.4 is 4.90 Å². The lowest BCUT2D eigenvalue weighted by molar-refractivity contribution is -0.137. The number of alkyl halides is 3. The lowest BCUT2D eigenvalue weighted by Gasteiger charge is -2.42. The number of fused-ring (bicyclic) bond motifs is 1. The Morgan fingerprint density at radius 3 is 2.59 bits per heavy atom. The first kappa shape index (κ1) is 17.8. The van der Waals surface area contributed by atoms with Crippen molar-refractivity contribution in [2.45, 2.75) is 32.5 Å². The Bertz CT molecular complexity index is 955. The highest BCUT2D eigenvalue weighted by Crippen LogP contribution is 2.35. The lowest BCUT2D eigenvalue weighted by atomic mass is 9.97. The number of imidazole rings is 1. The second-order valence-electron chi connectivity index (χ2n) is 7.42. The Morgan fingerprint density at radius 1 is 1.11 bits per heavy atom.